The monoisotopic (exact) mass is 330 g/mol. The van der Waals surface area contributed by atoms with Crippen molar-refractivity contribution in [2.45, 2.75) is 57.7 Å². The highest BCUT2D eigenvalue weighted by Gasteiger charge is 2.23. The molecule has 0 radical (unpaired) electrons. The van der Waals surface area contributed by atoms with E-state index in [0.29, 0.717) is 25.8 Å². The lowest BCUT2D eigenvalue weighted by Crippen LogP contribution is -2.34. The van der Waals surface area contributed by atoms with Crippen LogP contribution in [0.5, 0.6) is 0 Å². The molecule has 0 bridgehead atoms. The molecule has 1 saturated carbocycles. The van der Waals surface area contributed by atoms with E-state index >= 15 is 0 Å². The van der Waals surface area contributed by atoms with E-state index in [2.05, 4.69) is 41.5 Å². The average Bonchev–Trinajstić information content (AvgIpc) is 3.16. The smallest absolute Gasteiger partial charge is 0.225 e. The number of carbonyl (C=O) groups excluding carboxylic acids is 1. The van der Waals surface area contributed by atoms with Crippen molar-refractivity contribution in [2.75, 3.05) is 20.3 Å². The van der Waals surface area contributed by atoms with Crippen molar-refractivity contribution in [2.24, 2.45) is 5.92 Å². The molecule has 24 heavy (non-hydrogen) atoms. The molecule has 132 valence electrons. The van der Waals surface area contributed by atoms with Gasteiger partial charge in [-0.2, -0.15) is 0 Å². The van der Waals surface area contributed by atoms with Crippen LogP contribution in [0.15, 0.2) is 24.3 Å². The second-order valence-corrected chi connectivity index (χ2v) is 7.25. The molecule has 1 aliphatic carbocycles. The Morgan fingerprint density at radius 3 is 2.62 bits per heavy atom. The summed E-state index contributed by atoms with van der Waals surface area (Å²) in [6.07, 6.45) is 7.58. The van der Waals surface area contributed by atoms with E-state index in [1.807, 2.05) is 0 Å². The van der Waals surface area contributed by atoms with Crippen LogP contribution in [-0.4, -0.2) is 37.1 Å². The second kappa shape index (κ2) is 8.63. The lowest BCUT2D eigenvalue weighted by atomic mass is 9.94. The quantitative estimate of drug-likeness (QED) is 0.871. The SMILES string of the molecule is CN(Cc1ccccc1CNC(=O)C1CCOC1)C1CCCCC1. The molecule has 1 unspecified atom stereocenters. The van der Waals surface area contributed by atoms with Gasteiger partial charge >= 0.3 is 0 Å². The van der Waals surface area contributed by atoms with Gasteiger partial charge in [-0.1, -0.05) is 43.5 Å². The molecule has 1 aliphatic heterocycles. The van der Waals surface area contributed by atoms with E-state index < -0.39 is 0 Å². The fraction of sp³-hybridized carbons (Fsp3) is 0.650. The summed E-state index contributed by atoms with van der Waals surface area (Å²) in [7, 11) is 2.24. The molecule has 1 saturated heterocycles. The van der Waals surface area contributed by atoms with Crippen LogP contribution >= 0.6 is 0 Å². The molecule has 0 aromatic heterocycles. The van der Waals surface area contributed by atoms with Crippen molar-refractivity contribution >= 4 is 5.91 Å². The van der Waals surface area contributed by atoms with Gasteiger partial charge in [-0.05, 0) is 37.4 Å². The van der Waals surface area contributed by atoms with Gasteiger partial charge in [-0.3, -0.25) is 9.69 Å². The Kier molecular flexibility index (Phi) is 6.27. The van der Waals surface area contributed by atoms with Gasteiger partial charge in [-0.25, -0.2) is 0 Å². The number of nitrogens with one attached hydrogen (secondary N) is 1. The second-order valence-electron chi connectivity index (χ2n) is 7.25. The maximum absolute atomic E-state index is 12.2. The van der Waals surface area contributed by atoms with Gasteiger partial charge in [0.25, 0.3) is 0 Å². The third kappa shape index (κ3) is 4.58. The van der Waals surface area contributed by atoms with Crippen LogP contribution in [0, 0.1) is 5.92 Å². The number of rotatable bonds is 6. The van der Waals surface area contributed by atoms with Crippen LogP contribution in [0.25, 0.3) is 0 Å². The summed E-state index contributed by atoms with van der Waals surface area (Å²) in [6.45, 7) is 2.85. The molecule has 1 N–H and O–H groups in total. The molecular formula is C20H30N2O2. The fourth-order valence-electron chi connectivity index (χ4n) is 3.87. The zero-order chi connectivity index (χ0) is 16.8. The summed E-state index contributed by atoms with van der Waals surface area (Å²) in [5, 5.41) is 3.10. The first-order chi connectivity index (χ1) is 11.7. The molecule has 4 nitrogen and oxygen atoms in total. The van der Waals surface area contributed by atoms with Crippen LogP contribution in [0.3, 0.4) is 0 Å². The first kappa shape index (κ1) is 17.4. The maximum atomic E-state index is 12.2. The molecule has 1 amide bonds. The molecule has 2 aliphatic rings. The minimum Gasteiger partial charge on any atom is -0.381 e. The summed E-state index contributed by atoms with van der Waals surface area (Å²) in [4.78, 5) is 14.7. The largest absolute Gasteiger partial charge is 0.381 e. The van der Waals surface area contributed by atoms with Crippen LogP contribution in [0.4, 0.5) is 0 Å². The van der Waals surface area contributed by atoms with E-state index in [-0.39, 0.29) is 11.8 Å². The van der Waals surface area contributed by atoms with Crippen molar-refractivity contribution in [1.82, 2.24) is 10.2 Å². The first-order valence-electron chi connectivity index (χ1n) is 9.36. The molecule has 2 fully saturated rings. The van der Waals surface area contributed by atoms with Crippen molar-refractivity contribution < 1.29 is 9.53 Å². The van der Waals surface area contributed by atoms with Crippen LogP contribution in [0.2, 0.25) is 0 Å². The average molecular weight is 330 g/mol. The zero-order valence-corrected chi connectivity index (χ0v) is 14.8. The molecule has 0 spiro atoms. The standard InChI is InChI=1S/C20H30N2O2/c1-22(19-9-3-2-4-10-19)14-17-8-6-5-7-16(17)13-21-20(23)18-11-12-24-15-18/h5-8,18-19H,2-4,9-15H2,1H3,(H,21,23). The highest BCUT2D eigenvalue weighted by atomic mass is 16.5. The molecule has 1 aromatic rings. The van der Waals surface area contributed by atoms with Crippen molar-refractivity contribution in [1.29, 1.82) is 0 Å². The van der Waals surface area contributed by atoms with E-state index in [0.717, 1.165) is 13.0 Å². The summed E-state index contributed by atoms with van der Waals surface area (Å²) in [6, 6.07) is 9.19. The van der Waals surface area contributed by atoms with Crippen molar-refractivity contribution in [3.8, 4) is 0 Å². The normalized spacial score (nSPS) is 22.0. The highest BCUT2D eigenvalue weighted by Crippen LogP contribution is 2.23. The lowest BCUT2D eigenvalue weighted by molar-refractivity contribution is -0.125. The van der Waals surface area contributed by atoms with Gasteiger partial charge in [-0.15, -0.1) is 0 Å². The Morgan fingerprint density at radius 1 is 1.17 bits per heavy atom. The Bertz CT molecular complexity index is 534. The summed E-state index contributed by atoms with van der Waals surface area (Å²) >= 11 is 0. The van der Waals surface area contributed by atoms with Gasteiger partial charge in [0.2, 0.25) is 5.91 Å². The number of amides is 1. The number of hydrogen-bond donors (Lipinski definition) is 1. The third-order valence-corrected chi connectivity index (χ3v) is 5.49. The van der Waals surface area contributed by atoms with Gasteiger partial charge in [0.15, 0.2) is 0 Å². The molecule has 1 heterocycles. The number of hydrogen-bond acceptors (Lipinski definition) is 3. The summed E-state index contributed by atoms with van der Waals surface area (Å²) in [5.41, 5.74) is 2.56. The zero-order valence-electron chi connectivity index (χ0n) is 14.8. The minimum atomic E-state index is 0.0297. The van der Waals surface area contributed by atoms with E-state index in [1.54, 1.807) is 0 Å². The van der Waals surface area contributed by atoms with Crippen molar-refractivity contribution in [3.63, 3.8) is 0 Å². The van der Waals surface area contributed by atoms with Crippen molar-refractivity contribution in [3.05, 3.63) is 35.4 Å². The minimum absolute atomic E-state index is 0.0297. The third-order valence-electron chi connectivity index (χ3n) is 5.49. The van der Waals surface area contributed by atoms with E-state index in [9.17, 15) is 4.79 Å². The molecular weight excluding hydrogens is 300 g/mol. The number of nitrogens with zero attached hydrogens (tertiary/aromatic N) is 1. The number of carbonyl (C=O) groups is 1. The number of benzene rings is 1. The molecule has 3 rings (SSSR count). The summed E-state index contributed by atoms with van der Waals surface area (Å²) in [5.74, 6) is 0.157. The molecule has 4 heteroatoms. The van der Waals surface area contributed by atoms with Gasteiger partial charge in [0.05, 0.1) is 12.5 Å². The Balaban J connectivity index is 1.56. The van der Waals surface area contributed by atoms with Gasteiger partial charge in [0, 0.05) is 25.7 Å². The lowest BCUT2D eigenvalue weighted by Gasteiger charge is -2.31. The Hall–Kier alpha value is -1.39. The maximum Gasteiger partial charge on any atom is 0.225 e. The van der Waals surface area contributed by atoms with Crippen LogP contribution in [-0.2, 0) is 22.6 Å². The van der Waals surface area contributed by atoms with Crippen LogP contribution < -0.4 is 5.32 Å². The topological polar surface area (TPSA) is 41.6 Å². The fourth-order valence-corrected chi connectivity index (χ4v) is 3.87. The Morgan fingerprint density at radius 2 is 1.92 bits per heavy atom. The van der Waals surface area contributed by atoms with Crippen LogP contribution in [0.1, 0.15) is 49.7 Å². The summed E-state index contributed by atoms with van der Waals surface area (Å²) < 4.78 is 5.31. The first-order valence-corrected chi connectivity index (χ1v) is 9.36. The van der Waals surface area contributed by atoms with E-state index in [1.165, 1.54) is 43.2 Å². The molecule has 1 aromatic carbocycles. The highest BCUT2D eigenvalue weighted by molar-refractivity contribution is 5.79. The molecule has 1 atom stereocenters. The predicted octanol–water partition coefficient (Wildman–Crippen LogP) is 3.10. The van der Waals surface area contributed by atoms with Gasteiger partial charge in [0.1, 0.15) is 0 Å². The van der Waals surface area contributed by atoms with E-state index in [4.69, 9.17) is 4.74 Å². The van der Waals surface area contributed by atoms with Gasteiger partial charge < -0.3 is 10.1 Å². The Labute approximate surface area is 145 Å². The predicted molar refractivity (Wildman–Crippen MR) is 95.6 cm³/mol. The number of ether oxygens (including phenoxy) is 1.